The number of nitrogens with one attached hydrogen (secondary N) is 1. The van der Waals surface area contributed by atoms with Crippen LogP contribution in [0.15, 0.2) is 36.4 Å². The summed E-state index contributed by atoms with van der Waals surface area (Å²) < 4.78 is 5.23. The highest BCUT2D eigenvalue weighted by Crippen LogP contribution is 2.29. The zero-order valence-corrected chi connectivity index (χ0v) is 16.6. The second-order valence-corrected chi connectivity index (χ2v) is 7.80. The van der Waals surface area contributed by atoms with Gasteiger partial charge in [-0.3, -0.25) is 14.4 Å². The Morgan fingerprint density at radius 1 is 1.07 bits per heavy atom. The molecule has 144 valence electrons. The highest BCUT2D eigenvalue weighted by molar-refractivity contribution is 8.14. The van der Waals surface area contributed by atoms with E-state index in [-0.39, 0.29) is 16.9 Å². The van der Waals surface area contributed by atoms with Crippen molar-refractivity contribution in [1.82, 2.24) is 5.32 Å². The normalized spacial score (nSPS) is 14.2. The summed E-state index contributed by atoms with van der Waals surface area (Å²) in [6, 6.07) is 10.7. The Morgan fingerprint density at radius 3 is 2.30 bits per heavy atom. The minimum atomic E-state index is -0.896. The van der Waals surface area contributed by atoms with Gasteiger partial charge in [0.2, 0.25) is 11.8 Å². The minimum absolute atomic E-state index is 0.0908. The summed E-state index contributed by atoms with van der Waals surface area (Å²) in [5, 5.41) is 3.98. The molecule has 0 fully saturated rings. The summed E-state index contributed by atoms with van der Waals surface area (Å²) in [5.41, 5.74) is 6.23. The number of hydrogen-bond acceptors (Lipinski definition) is 5. The molecule has 0 aliphatic carbocycles. The highest BCUT2D eigenvalue weighted by atomic mass is 32.2. The van der Waals surface area contributed by atoms with Crippen molar-refractivity contribution in [1.29, 1.82) is 0 Å². The van der Waals surface area contributed by atoms with Crippen LogP contribution in [0.4, 0.5) is 0 Å². The summed E-state index contributed by atoms with van der Waals surface area (Å²) in [5.74, 6) is -0.615. The summed E-state index contributed by atoms with van der Waals surface area (Å²) in [7, 11) is 1.62. The third kappa shape index (κ3) is 5.23. The molecule has 0 aliphatic rings. The number of nitrogens with two attached hydrogens (primary N) is 1. The molecule has 7 heteroatoms. The van der Waals surface area contributed by atoms with E-state index >= 15 is 0 Å². The number of thioether (sulfide) groups is 1. The molecule has 3 unspecified atom stereocenters. The van der Waals surface area contributed by atoms with Crippen molar-refractivity contribution in [2.75, 3.05) is 7.11 Å². The Kier molecular flexibility index (Phi) is 6.85. The van der Waals surface area contributed by atoms with Gasteiger partial charge < -0.3 is 15.8 Å². The molecule has 0 radical (unpaired) electrons. The molecule has 27 heavy (non-hydrogen) atoms. The average Bonchev–Trinajstić information content (AvgIpc) is 2.63. The van der Waals surface area contributed by atoms with E-state index in [0.717, 1.165) is 33.8 Å². The van der Waals surface area contributed by atoms with E-state index in [9.17, 15) is 14.4 Å². The quantitative estimate of drug-likeness (QED) is 0.760. The van der Waals surface area contributed by atoms with Crippen LogP contribution >= 0.6 is 11.8 Å². The van der Waals surface area contributed by atoms with Crippen molar-refractivity contribution >= 4 is 39.5 Å². The first kappa shape index (κ1) is 20.8. The minimum Gasteiger partial charge on any atom is -0.497 e. The lowest BCUT2D eigenvalue weighted by Crippen LogP contribution is -2.49. The Hall–Kier alpha value is -2.54. The van der Waals surface area contributed by atoms with Gasteiger partial charge in [0.05, 0.1) is 13.0 Å². The number of ether oxygens (including phenoxy) is 1. The SMILES string of the molecule is COc1ccc2cc(C(C)C(=O)SC(C)C(NC(C)=O)C(N)=O)ccc2c1. The van der Waals surface area contributed by atoms with E-state index in [1.807, 2.05) is 43.3 Å². The van der Waals surface area contributed by atoms with Gasteiger partial charge in [0.1, 0.15) is 11.8 Å². The van der Waals surface area contributed by atoms with Crippen LogP contribution in [0.3, 0.4) is 0 Å². The zero-order chi connectivity index (χ0) is 20.1. The number of benzene rings is 2. The van der Waals surface area contributed by atoms with Gasteiger partial charge in [-0.1, -0.05) is 49.9 Å². The number of amides is 2. The molecule has 2 aromatic rings. The van der Waals surface area contributed by atoms with Crippen LogP contribution in [-0.4, -0.2) is 35.3 Å². The maximum absolute atomic E-state index is 12.7. The topological polar surface area (TPSA) is 98.5 Å². The van der Waals surface area contributed by atoms with E-state index < -0.39 is 17.2 Å². The molecule has 2 aromatic carbocycles. The number of fused-ring (bicyclic) bond motifs is 1. The molecule has 0 saturated carbocycles. The summed E-state index contributed by atoms with van der Waals surface area (Å²) >= 11 is 1.02. The summed E-state index contributed by atoms with van der Waals surface area (Å²) in [6.45, 7) is 4.83. The third-order valence-electron chi connectivity index (χ3n) is 4.36. The molecule has 0 aromatic heterocycles. The van der Waals surface area contributed by atoms with Crippen molar-refractivity contribution in [3.63, 3.8) is 0 Å². The summed E-state index contributed by atoms with van der Waals surface area (Å²) in [4.78, 5) is 35.5. The van der Waals surface area contributed by atoms with Crippen LogP contribution < -0.4 is 15.8 Å². The van der Waals surface area contributed by atoms with Crippen LogP contribution in [0.2, 0.25) is 0 Å². The van der Waals surface area contributed by atoms with Gasteiger partial charge >= 0.3 is 0 Å². The molecule has 2 amide bonds. The van der Waals surface area contributed by atoms with Crippen LogP contribution in [0.25, 0.3) is 10.8 Å². The Morgan fingerprint density at radius 2 is 1.70 bits per heavy atom. The van der Waals surface area contributed by atoms with E-state index in [1.165, 1.54) is 6.92 Å². The summed E-state index contributed by atoms with van der Waals surface area (Å²) in [6.07, 6.45) is 0. The first-order valence-electron chi connectivity index (χ1n) is 8.57. The monoisotopic (exact) mass is 388 g/mol. The van der Waals surface area contributed by atoms with Crippen molar-refractivity contribution in [3.05, 3.63) is 42.0 Å². The van der Waals surface area contributed by atoms with Crippen LogP contribution in [0.1, 0.15) is 32.3 Å². The predicted octanol–water partition coefficient (Wildman–Crippen LogP) is 2.59. The van der Waals surface area contributed by atoms with Crippen LogP contribution in [0, 0.1) is 0 Å². The molecular weight excluding hydrogens is 364 g/mol. The van der Waals surface area contributed by atoms with E-state index in [0.29, 0.717) is 0 Å². The number of carbonyl (C=O) groups excluding carboxylic acids is 3. The second-order valence-electron chi connectivity index (χ2n) is 6.42. The zero-order valence-electron chi connectivity index (χ0n) is 15.8. The number of carbonyl (C=O) groups is 3. The number of rotatable bonds is 7. The first-order chi connectivity index (χ1) is 12.7. The van der Waals surface area contributed by atoms with Crippen LogP contribution in [-0.2, 0) is 14.4 Å². The largest absolute Gasteiger partial charge is 0.497 e. The predicted molar refractivity (Wildman–Crippen MR) is 108 cm³/mol. The van der Waals surface area contributed by atoms with E-state index in [4.69, 9.17) is 10.5 Å². The molecule has 3 N–H and O–H groups in total. The molecule has 0 heterocycles. The molecule has 3 atom stereocenters. The van der Waals surface area contributed by atoms with Gasteiger partial charge in [-0.25, -0.2) is 0 Å². The fraction of sp³-hybridized carbons (Fsp3) is 0.350. The molecule has 2 rings (SSSR count). The van der Waals surface area contributed by atoms with Crippen molar-refractivity contribution < 1.29 is 19.1 Å². The van der Waals surface area contributed by atoms with E-state index in [1.54, 1.807) is 14.0 Å². The lowest BCUT2D eigenvalue weighted by molar-refractivity contribution is -0.126. The second kappa shape index (κ2) is 8.90. The van der Waals surface area contributed by atoms with Crippen LogP contribution in [0.5, 0.6) is 5.75 Å². The number of methoxy groups -OCH3 is 1. The Balaban J connectivity index is 2.15. The van der Waals surface area contributed by atoms with Crippen molar-refractivity contribution in [2.24, 2.45) is 5.73 Å². The third-order valence-corrected chi connectivity index (χ3v) is 5.59. The molecule has 0 saturated heterocycles. The van der Waals surface area contributed by atoms with Gasteiger partial charge in [-0.2, -0.15) is 0 Å². The van der Waals surface area contributed by atoms with Crippen molar-refractivity contribution in [3.8, 4) is 5.75 Å². The van der Waals surface area contributed by atoms with Gasteiger partial charge in [0.25, 0.3) is 0 Å². The Bertz CT molecular complexity index is 868. The standard InChI is InChI=1S/C20H24N2O4S/c1-11(20(25)27-12(2)18(19(21)24)22-13(3)23)14-5-6-16-10-17(26-4)8-7-15(16)9-14/h5-12,18H,1-4H3,(H2,21,24)(H,22,23). The average molecular weight is 388 g/mol. The Labute approximate surface area is 162 Å². The fourth-order valence-electron chi connectivity index (χ4n) is 2.77. The van der Waals surface area contributed by atoms with E-state index in [2.05, 4.69) is 5.32 Å². The van der Waals surface area contributed by atoms with Gasteiger partial charge in [-0.15, -0.1) is 0 Å². The fourth-order valence-corrected chi connectivity index (χ4v) is 3.81. The maximum Gasteiger partial charge on any atom is 0.241 e. The molecule has 0 bridgehead atoms. The van der Waals surface area contributed by atoms with Gasteiger partial charge in [-0.05, 0) is 28.5 Å². The smallest absolute Gasteiger partial charge is 0.241 e. The highest BCUT2D eigenvalue weighted by Gasteiger charge is 2.28. The molecular formula is C20H24N2O4S. The number of primary amides is 1. The van der Waals surface area contributed by atoms with Crippen molar-refractivity contribution in [2.45, 2.75) is 38.0 Å². The van der Waals surface area contributed by atoms with Gasteiger partial charge in [0, 0.05) is 12.2 Å². The lowest BCUT2D eigenvalue weighted by atomic mass is 9.99. The maximum atomic E-state index is 12.7. The molecule has 6 nitrogen and oxygen atoms in total. The number of hydrogen-bond donors (Lipinski definition) is 2. The van der Waals surface area contributed by atoms with Gasteiger partial charge in [0.15, 0.2) is 5.12 Å². The first-order valence-corrected chi connectivity index (χ1v) is 9.45. The molecule has 0 spiro atoms. The molecule has 0 aliphatic heterocycles. The lowest BCUT2D eigenvalue weighted by Gasteiger charge is -2.22.